The maximum Gasteiger partial charge on any atom is 0.407 e. The van der Waals surface area contributed by atoms with Gasteiger partial charge in [0.25, 0.3) is 0 Å². The standard InChI is InChI=1S/C27H31N3O5S/c31-24(26-29-20-12-4-5-15-23(20)36-26)21(28-25(32)22-14-7-9-17-35-22)13-6-8-16-30(27(33)34)18-19-10-2-1-3-11-19/h1-5,10-12,15,21-22H,6-9,13-14,16-18H2,(H,28,32)(H,33,34)/t21-,22?/m0/s1. The van der Waals surface area contributed by atoms with E-state index in [0.717, 1.165) is 28.6 Å². The molecule has 2 N–H and O–H groups in total. The van der Waals surface area contributed by atoms with Crippen molar-refractivity contribution in [3.8, 4) is 0 Å². The number of hydrogen-bond acceptors (Lipinski definition) is 6. The summed E-state index contributed by atoms with van der Waals surface area (Å²) in [7, 11) is 0. The third-order valence-electron chi connectivity index (χ3n) is 6.27. The molecule has 3 aromatic rings. The molecule has 0 aliphatic carbocycles. The number of thiazole rings is 1. The summed E-state index contributed by atoms with van der Waals surface area (Å²) in [6, 6.07) is 16.3. The minimum absolute atomic E-state index is 0.222. The van der Waals surface area contributed by atoms with Crippen LogP contribution in [0.25, 0.3) is 10.2 Å². The van der Waals surface area contributed by atoms with Gasteiger partial charge in [0, 0.05) is 19.7 Å². The summed E-state index contributed by atoms with van der Waals surface area (Å²) < 4.78 is 6.52. The second kappa shape index (κ2) is 12.6. The Labute approximate surface area is 214 Å². The monoisotopic (exact) mass is 509 g/mol. The Morgan fingerprint density at radius 1 is 1.08 bits per heavy atom. The van der Waals surface area contributed by atoms with Crippen LogP contribution >= 0.6 is 11.3 Å². The predicted molar refractivity (Wildman–Crippen MR) is 138 cm³/mol. The Morgan fingerprint density at radius 2 is 1.86 bits per heavy atom. The van der Waals surface area contributed by atoms with Gasteiger partial charge in [-0.1, -0.05) is 42.5 Å². The first-order valence-corrected chi connectivity index (χ1v) is 13.2. The number of nitrogens with zero attached hydrogens (tertiary/aromatic N) is 2. The van der Waals surface area contributed by atoms with E-state index < -0.39 is 18.2 Å². The zero-order chi connectivity index (χ0) is 25.3. The van der Waals surface area contributed by atoms with E-state index in [4.69, 9.17) is 4.74 Å². The van der Waals surface area contributed by atoms with Crippen molar-refractivity contribution in [1.29, 1.82) is 0 Å². The van der Waals surface area contributed by atoms with Gasteiger partial charge in [0.1, 0.15) is 6.10 Å². The molecule has 1 aliphatic rings. The second-order valence-electron chi connectivity index (χ2n) is 8.95. The van der Waals surface area contributed by atoms with Crippen LogP contribution in [0, 0.1) is 0 Å². The number of aromatic nitrogens is 1. The number of hydrogen-bond donors (Lipinski definition) is 2. The molecule has 0 saturated carbocycles. The van der Waals surface area contributed by atoms with E-state index >= 15 is 0 Å². The summed E-state index contributed by atoms with van der Waals surface area (Å²) in [5.41, 5.74) is 1.67. The van der Waals surface area contributed by atoms with Crippen molar-refractivity contribution in [3.05, 3.63) is 65.2 Å². The Balaban J connectivity index is 1.39. The Kier molecular flexibility index (Phi) is 9.02. The molecule has 2 amide bonds. The minimum Gasteiger partial charge on any atom is -0.465 e. The first kappa shape index (κ1) is 25.8. The molecule has 0 spiro atoms. The Bertz CT molecular complexity index is 1140. The smallest absolute Gasteiger partial charge is 0.407 e. The number of benzene rings is 2. The van der Waals surface area contributed by atoms with Crippen molar-refractivity contribution >= 4 is 39.3 Å². The number of ketones is 1. The van der Waals surface area contributed by atoms with Crippen molar-refractivity contribution in [3.63, 3.8) is 0 Å². The molecule has 1 fully saturated rings. The minimum atomic E-state index is -0.983. The van der Waals surface area contributed by atoms with Crippen LogP contribution in [-0.4, -0.2) is 58.1 Å². The number of carbonyl (C=O) groups excluding carboxylic acids is 2. The molecular weight excluding hydrogens is 478 g/mol. The van der Waals surface area contributed by atoms with Crippen LogP contribution in [0.15, 0.2) is 54.6 Å². The highest BCUT2D eigenvalue weighted by atomic mass is 32.1. The number of unbranched alkanes of at least 4 members (excludes halogenated alkanes) is 1. The number of fused-ring (bicyclic) bond motifs is 1. The number of carbonyl (C=O) groups is 3. The molecule has 1 aromatic heterocycles. The van der Waals surface area contributed by atoms with Gasteiger partial charge >= 0.3 is 6.09 Å². The average molecular weight is 510 g/mol. The summed E-state index contributed by atoms with van der Waals surface area (Å²) in [5, 5.41) is 12.9. The highest BCUT2D eigenvalue weighted by Gasteiger charge is 2.29. The molecule has 9 heteroatoms. The van der Waals surface area contributed by atoms with Crippen LogP contribution in [0.5, 0.6) is 0 Å². The molecule has 1 saturated heterocycles. The fourth-order valence-corrected chi connectivity index (χ4v) is 5.26. The molecule has 0 radical (unpaired) electrons. The third kappa shape index (κ3) is 6.89. The fraction of sp³-hybridized carbons (Fsp3) is 0.407. The zero-order valence-electron chi connectivity index (χ0n) is 20.1. The SMILES string of the molecule is O=C(N[C@@H](CCCCN(Cc1ccccc1)C(=O)O)C(=O)c1nc2ccccc2s1)C1CCCCO1. The molecule has 2 aromatic carbocycles. The van der Waals surface area contributed by atoms with Crippen molar-refractivity contribution < 1.29 is 24.2 Å². The quantitative estimate of drug-likeness (QED) is 0.282. The third-order valence-corrected chi connectivity index (χ3v) is 7.32. The van der Waals surface area contributed by atoms with E-state index in [9.17, 15) is 19.5 Å². The van der Waals surface area contributed by atoms with Crippen molar-refractivity contribution in [2.75, 3.05) is 13.2 Å². The largest absolute Gasteiger partial charge is 0.465 e. The van der Waals surface area contributed by atoms with Gasteiger partial charge in [-0.05, 0) is 56.2 Å². The molecule has 0 bridgehead atoms. The normalized spacial score (nSPS) is 16.4. The van der Waals surface area contributed by atoms with Crippen molar-refractivity contribution in [2.24, 2.45) is 0 Å². The van der Waals surface area contributed by atoms with Gasteiger partial charge in [0.05, 0.1) is 16.3 Å². The van der Waals surface area contributed by atoms with Gasteiger partial charge in [0.15, 0.2) is 5.01 Å². The predicted octanol–water partition coefficient (Wildman–Crippen LogP) is 4.88. The topological polar surface area (TPSA) is 109 Å². The van der Waals surface area contributed by atoms with Crippen LogP contribution in [-0.2, 0) is 16.1 Å². The first-order valence-electron chi connectivity index (χ1n) is 12.3. The van der Waals surface area contributed by atoms with Crippen LogP contribution in [0.2, 0.25) is 0 Å². The highest BCUT2D eigenvalue weighted by Crippen LogP contribution is 2.24. The van der Waals surface area contributed by atoms with E-state index in [1.54, 1.807) is 0 Å². The Morgan fingerprint density at radius 3 is 2.58 bits per heavy atom. The van der Waals surface area contributed by atoms with E-state index in [2.05, 4.69) is 10.3 Å². The number of amides is 2. The Hall–Kier alpha value is -3.30. The van der Waals surface area contributed by atoms with Gasteiger partial charge in [-0.2, -0.15) is 0 Å². The summed E-state index contributed by atoms with van der Waals surface area (Å²) >= 11 is 1.32. The second-order valence-corrected chi connectivity index (χ2v) is 9.98. The lowest BCUT2D eigenvalue weighted by Crippen LogP contribution is -2.47. The molecule has 4 rings (SSSR count). The number of carboxylic acid groups (broad SMARTS) is 1. The summed E-state index contributed by atoms with van der Waals surface area (Å²) in [5.74, 6) is -0.495. The van der Waals surface area contributed by atoms with Gasteiger partial charge in [-0.3, -0.25) is 9.59 Å². The maximum absolute atomic E-state index is 13.4. The molecular formula is C27H31N3O5S. The van der Waals surface area contributed by atoms with Gasteiger partial charge < -0.3 is 20.1 Å². The number of Topliss-reactive ketones (excluding diaryl/α,β-unsaturated/α-hetero) is 1. The van der Waals surface area contributed by atoms with Crippen molar-refractivity contribution in [1.82, 2.24) is 15.2 Å². The van der Waals surface area contributed by atoms with E-state index in [-0.39, 0.29) is 11.7 Å². The molecule has 8 nitrogen and oxygen atoms in total. The van der Waals surface area contributed by atoms with E-state index in [0.29, 0.717) is 50.4 Å². The van der Waals surface area contributed by atoms with Crippen LogP contribution in [0.1, 0.15) is 53.9 Å². The number of rotatable bonds is 11. The van der Waals surface area contributed by atoms with Crippen LogP contribution < -0.4 is 5.32 Å². The lowest BCUT2D eigenvalue weighted by atomic mass is 10.0. The molecule has 36 heavy (non-hydrogen) atoms. The lowest BCUT2D eigenvalue weighted by molar-refractivity contribution is -0.136. The van der Waals surface area contributed by atoms with E-state index in [1.165, 1.54) is 16.2 Å². The number of para-hydroxylation sites is 1. The van der Waals surface area contributed by atoms with Gasteiger partial charge in [-0.15, -0.1) is 11.3 Å². The van der Waals surface area contributed by atoms with Crippen molar-refractivity contribution in [2.45, 2.75) is 57.2 Å². The van der Waals surface area contributed by atoms with Crippen LogP contribution in [0.3, 0.4) is 0 Å². The summed E-state index contributed by atoms with van der Waals surface area (Å²) in [4.78, 5) is 43.8. The molecule has 2 atom stereocenters. The van der Waals surface area contributed by atoms with Gasteiger partial charge in [0.2, 0.25) is 11.7 Å². The summed E-state index contributed by atoms with van der Waals surface area (Å²) in [6.07, 6.45) is 2.50. The summed E-state index contributed by atoms with van der Waals surface area (Å²) in [6.45, 7) is 1.19. The van der Waals surface area contributed by atoms with E-state index in [1.807, 2.05) is 54.6 Å². The number of nitrogens with one attached hydrogen (secondary N) is 1. The first-order chi connectivity index (χ1) is 17.5. The average Bonchev–Trinajstić information content (AvgIpc) is 3.34. The highest BCUT2D eigenvalue weighted by molar-refractivity contribution is 7.20. The van der Waals surface area contributed by atoms with Gasteiger partial charge in [-0.25, -0.2) is 9.78 Å². The molecule has 190 valence electrons. The molecule has 1 aliphatic heterocycles. The number of ether oxygens (including phenoxy) is 1. The lowest BCUT2D eigenvalue weighted by Gasteiger charge is -2.25. The maximum atomic E-state index is 13.4. The zero-order valence-corrected chi connectivity index (χ0v) is 20.9. The van der Waals surface area contributed by atoms with Crippen LogP contribution in [0.4, 0.5) is 4.79 Å². The molecule has 2 heterocycles. The molecule has 1 unspecified atom stereocenters. The fourth-order valence-electron chi connectivity index (χ4n) is 4.30.